The SMILES string of the molecule is C#CC[C@]12CCCC=C1[C@@]1(C)CCC3(OCCO3)[C@H](C)C1CC2. The third-order valence-corrected chi connectivity index (χ3v) is 7.65. The van der Waals surface area contributed by atoms with E-state index in [1.54, 1.807) is 5.57 Å². The zero-order chi connectivity index (χ0) is 16.1. The number of fused-ring (bicyclic) bond motifs is 3. The average molecular weight is 314 g/mol. The first-order chi connectivity index (χ1) is 11.1. The molecule has 126 valence electrons. The van der Waals surface area contributed by atoms with E-state index >= 15 is 0 Å². The van der Waals surface area contributed by atoms with Crippen molar-refractivity contribution in [1.29, 1.82) is 0 Å². The van der Waals surface area contributed by atoms with Crippen LogP contribution in [-0.2, 0) is 9.47 Å². The first-order valence-corrected chi connectivity index (χ1v) is 9.49. The summed E-state index contributed by atoms with van der Waals surface area (Å²) in [6.07, 6.45) is 17.8. The Morgan fingerprint density at radius 3 is 2.74 bits per heavy atom. The van der Waals surface area contributed by atoms with E-state index in [9.17, 15) is 0 Å². The highest BCUT2D eigenvalue weighted by Crippen LogP contribution is 2.66. The summed E-state index contributed by atoms with van der Waals surface area (Å²) in [5.41, 5.74) is 2.28. The minimum Gasteiger partial charge on any atom is -0.347 e. The Morgan fingerprint density at radius 1 is 1.22 bits per heavy atom. The van der Waals surface area contributed by atoms with E-state index in [2.05, 4.69) is 25.8 Å². The molecule has 2 heteroatoms. The summed E-state index contributed by atoms with van der Waals surface area (Å²) in [5.74, 6) is 3.83. The summed E-state index contributed by atoms with van der Waals surface area (Å²) < 4.78 is 12.2. The molecule has 1 aliphatic heterocycles. The van der Waals surface area contributed by atoms with Gasteiger partial charge in [-0.1, -0.05) is 25.5 Å². The second-order valence-corrected chi connectivity index (χ2v) is 8.53. The van der Waals surface area contributed by atoms with E-state index in [0.717, 1.165) is 26.1 Å². The van der Waals surface area contributed by atoms with Gasteiger partial charge in [0.05, 0.1) is 13.2 Å². The predicted molar refractivity (Wildman–Crippen MR) is 91.7 cm³/mol. The number of ether oxygens (including phenoxy) is 2. The standard InChI is InChI=1S/C21H30O2/c1-4-9-20-10-6-5-7-18(20)19(3)12-13-21(22-14-15-23-21)16(2)17(19)8-11-20/h1,7,16-17H,5-6,8-15H2,2-3H3/t16-,17?,19+,20-/m1/s1. The third-order valence-electron chi connectivity index (χ3n) is 7.65. The zero-order valence-electron chi connectivity index (χ0n) is 14.7. The first kappa shape index (κ1) is 15.7. The van der Waals surface area contributed by atoms with Crippen LogP contribution in [0.2, 0.25) is 0 Å². The molecule has 4 aliphatic rings. The Balaban J connectivity index is 1.71. The van der Waals surface area contributed by atoms with Crippen LogP contribution in [0.3, 0.4) is 0 Å². The van der Waals surface area contributed by atoms with Crippen LogP contribution >= 0.6 is 0 Å². The Bertz CT molecular complexity index is 551. The number of terminal acetylenes is 1. The molecule has 0 amide bonds. The molecule has 0 N–H and O–H groups in total. The van der Waals surface area contributed by atoms with E-state index < -0.39 is 0 Å². The lowest BCUT2D eigenvalue weighted by molar-refractivity contribution is -0.244. The van der Waals surface area contributed by atoms with Gasteiger partial charge in [-0.25, -0.2) is 0 Å². The Morgan fingerprint density at radius 2 is 2.00 bits per heavy atom. The molecule has 3 fully saturated rings. The highest BCUT2D eigenvalue weighted by Gasteiger charge is 2.60. The average Bonchev–Trinajstić information content (AvgIpc) is 3.02. The molecule has 1 spiro atoms. The smallest absolute Gasteiger partial charge is 0.171 e. The first-order valence-electron chi connectivity index (χ1n) is 9.49. The van der Waals surface area contributed by atoms with E-state index in [1.165, 1.54) is 38.5 Å². The van der Waals surface area contributed by atoms with Gasteiger partial charge in [-0.2, -0.15) is 0 Å². The van der Waals surface area contributed by atoms with Crippen LogP contribution in [0.5, 0.6) is 0 Å². The van der Waals surface area contributed by atoms with Crippen molar-refractivity contribution in [2.75, 3.05) is 13.2 Å². The zero-order valence-corrected chi connectivity index (χ0v) is 14.7. The second-order valence-electron chi connectivity index (χ2n) is 8.53. The molecule has 1 heterocycles. The van der Waals surface area contributed by atoms with Crippen LogP contribution in [0, 0.1) is 35.0 Å². The molecule has 2 saturated carbocycles. The second kappa shape index (κ2) is 5.36. The van der Waals surface area contributed by atoms with Gasteiger partial charge in [0, 0.05) is 24.2 Å². The summed E-state index contributed by atoms with van der Waals surface area (Å²) in [5, 5.41) is 0. The molecule has 0 aromatic heterocycles. The summed E-state index contributed by atoms with van der Waals surface area (Å²) in [6, 6.07) is 0. The van der Waals surface area contributed by atoms with Crippen LogP contribution in [0.1, 0.15) is 65.2 Å². The number of rotatable bonds is 1. The predicted octanol–water partition coefficient (Wildman–Crippen LogP) is 4.70. The summed E-state index contributed by atoms with van der Waals surface area (Å²) in [6.45, 7) is 6.40. The Hall–Kier alpha value is -0.780. The lowest BCUT2D eigenvalue weighted by atomic mass is 9.45. The van der Waals surface area contributed by atoms with Gasteiger partial charge in [0.1, 0.15) is 0 Å². The summed E-state index contributed by atoms with van der Waals surface area (Å²) in [4.78, 5) is 0. The van der Waals surface area contributed by atoms with Crippen LogP contribution in [0.4, 0.5) is 0 Å². The van der Waals surface area contributed by atoms with Crippen LogP contribution in [0.15, 0.2) is 11.6 Å². The van der Waals surface area contributed by atoms with Crippen molar-refractivity contribution in [2.24, 2.45) is 22.7 Å². The molecule has 23 heavy (non-hydrogen) atoms. The van der Waals surface area contributed by atoms with Crippen LogP contribution in [0.25, 0.3) is 0 Å². The van der Waals surface area contributed by atoms with Crippen molar-refractivity contribution >= 4 is 0 Å². The molecule has 2 nitrogen and oxygen atoms in total. The van der Waals surface area contributed by atoms with Crippen LogP contribution in [-0.4, -0.2) is 19.0 Å². The number of allylic oxidation sites excluding steroid dienone is 2. The maximum absolute atomic E-state index is 6.12. The van der Waals surface area contributed by atoms with Gasteiger partial charge in [-0.05, 0) is 49.9 Å². The number of hydrogen-bond donors (Lipinski definition) is 0. The fourth-order valence-electron chi connectivity index (χ4n) is 6.52. The van der Waals surface area contributed by atoms with E-state index in [0.29, 0.717) is 17.3 Å². The molecular formula is C21H30O2. The van der Waals surface area contributed by atoms with Gasteiger partial charge in [0.15, 0.2) is 5.79 Å². The van der Waals surface area contributed by atoms with E-state index in [-0.39, 0.29) is 11.2 Å². The van der Waals surface area contributed by atoms with E-state index in [4.69, 9.17) is 15.9 Å². The molecule has 1 unspecified atom stereocenters. The maximum Gasteiger partial charge on any atom is 0.171 e. The number of hydrogen-bond acceptors (Lipinski definition) is 2. The minimum absolute atomic E-state index is 0.287. The lowest BCUT2D eigenvalue weighted by Crippen LogP contribution is -2.56. The van der Waals surface area contributed by atoms with Gasteiger partial charge >= 0.3 is 0 Å². The molecular weight excluding hydrogens is 284 g/mol. The molecule has 3 aliphatic carbocycles. The van der Waals surface area contributed by atoms with Gasteiger partial charge in [-0.3, -0.25) is 0 Å². The monoisotopic (exact) mass is 314 g/mol. The Kier molecular flexibility index (Phi) is 3.67. The normalized spacial score (nSPS) is 45.0. The maximum atomic E-state index is 6.12. The van der Waals surface area contributed by atoms with Crippen molar-refractivity contribution in [3.8, 4) is 12.3 Å². The fraction of sp³-hybridized carbons (Fsp3) is 0.810. The van der Waals surface area contributed by atoms with Gasteiger partial charge in [0.25, 0.3) is 0 Å². The molecule has 0 radical (unpaired) electrons. The van der Waals surface area contributed by atoms with Crippen molar-refractivity contribution < 1.29 is 9.47 Å². The fourth-order valence-corrected chi connectivity index (χ4v) is 6.52. The van der Waals surface area contributed by atoms with E-state index in [1.807, 2.05) is 0 Å². The summed E-state index contributed by atoms with van der Waals surface area (Å²) in [7, 11) is 0. The van der Waals surface area contributed by atoms with Gasteiger partial charge < -0.3 is 9.47 Å². The van der Waals surface area contributed by atoms with Crippen molar-refractivity contribution in [3.63, 3.8) is 0 Å². The molecule has 1 saturated heterocycles. The van der Waals surface area contributed by atoms with Crippen molar-refractivity contribution in [1.82, 2.24) is 0 Å². The lowest BCUT2D eigenvalue weighted by Gasteiger charge is -2.61. The largest absolute Gasteiger partial charge is 0.347 e. The third kappa shape index (κ3) is 2.09. The molecule has 0 bridgehead atoms. The van der Waals surface area contributed by atoms with Crippen molar-refractivity contribution in [3.05, 3.63) is 11.6 Å². The van der Waals surface area contributed by atoms with Gasteiger partial charge in [0.2, 0.25) is 0 Å². The molecule has 0 aromatic carbocycles. The minimum atomic E-state index is -0.300. The van der Waals surface area contributed by atoms with Crippen LogP contribution < -0.4 is 0 Å². The topological polar surface area (TPSA) is 18.5 Å². The van der Waals surface area contributed by atoms with Gasteiger partial charge in [-0.15, -0.1) is 12.3 Å². The molecule has 4 atom stereocenters. The quantitative estimate of drug-likeness (QED) is 0.516. The molecule has 0 aromatic rings. The Labute approximate surface area is 141 Å². The molecule has 4 rings (SSSR count). The summed E-state index contributed by atoms with van der Waals surface area (Å²) >= 11 is 0. The highest BCUT2D eigenvalue weighted by molar-refractivity contribution is 5.32. The highest BCUT2D eigenvalue weighted by atomic mass is 16.7. The van der Waals surface area contributed by atoms with Crippen molar-refractivity contribution in [2.45, 2.75) is 71.0 Å².